The zero-order valence-electron chi connectivity index (χ0n) is 10.0. The molecule has 1 unspecified atom stereocenters. The molecule has 19 heavy (non-hydrogen) atoms. The molecule has 0 bridgehead atoms. The molecule has 1 heterocycles. The van der Waals surface area contributed by atoms with Crippen LogP contribution >= 0.6 is 0 Å². The monoisotopic (exact) mass is 274 g/mol. The molecule has 0 aromatic heterocycles. The van der Waals surface area contributed by atoms with E-state index in [0.29, 0.717) is 0 Å². The van der Waals surface area contributed by atoms with E-state index in [0.717, 1.165) is 0 Å². The molecule has 0 radical (unpaired) electrons. The Morgan fingerprint density at radius 1 is 1.11 bits per heavy atom. The number of hydrogen-bond acceptors (Lipinski definition) is 8. The Bertz CT molecular complexity index is 531. The molecule has 8 heteroatoms. The summed E-state index contributed by atoms with van der Waals surface area (Å²) in [7, 11) is 0. The molecular formula is C11H14O8. The summed E-state index contributed by atoms with van der Waals surface area (Å²) in [5.74, 6) is -1.24. The first kappa shape index (κ1) is 13.9. The molecule has 0 amide bonds. The first-order chi connectivity index (χ1) is 8.84. The fourth-order valence-electron chi connectivity index (χ4n) is 1.93. The lowest BCUT2D eigenvalue weighted by Gasteiger charge is -2.39. The topological polar surface area (TPSA) is 134 Å². The van der Waals surface area contributed by atoms with Gasteiger partial charge in [-0.1, -0.05) is 0 Å². The van der Waals surface area contributed by atoms with Crippen molar-refractivity contribution >= 4 is 0 Å². The van der Waals surface area contributed by atoms with E-state index in [1.54, 1.807) is 0 Å². The van der Waals surface area contributed by atoms with Gasteiger partial charge >= 0.3 is 0 Å². The van der Waals surface area contributed by atoms with Gasteiger partial charge in [-0.15, -0.1) is 0 Å². The first-order valence-electron chi connectivity index (χ1n) is 5.69. The summed E-state index contributed by atoms with van der Waals surface area (Å²) in [6.45, 7) is 1.16. The van der Waals surface area contributed by atoms with Gasteiger partial charge in [0.25, 0.3) is 10.9 Å². The van der Waals surface area contributed by atoms with E-state index in [9.17, 15) is 24.9 Å². The molecule has 1 aromatic carbocycles. The fraction of sp³-hybridized carbons (Fsp3) is 0.636. The lowest BCUT2D eigenvalue weighted by atomic mass is 9.96. The van der Waals surface area contributed by atoms with E-state index < -0.39 is 52.9 Å². The van der Waals surface area contributed by atoms with E-state index in [4.69, 9.17) is 14.6 Å². The lowest BCUT2D eigenvalue weighted by molar-refractivity contribution is -0.222. The highest BCUT2D eigenvalue weighted by Gasteiger charge is 2.42. The Kier molecular flexibility index (Phi) is 3.59. The van der Waals surface area contributed by atoms with Crippen LogP contribution < -0.4 is 15.6 Å². The van der Waals surface area contributed by atoms with Crippen LogP contribution in [0.25, 0.3) is 0 Å². The summed E-state index contributed by atoms with van der Waals surface area (Å²) in [6, 6.07) is 0. The number of ether oxygens (including phenoxy) is 2. The molecule has 1 aromatic rings. The van der Waals surface area contributed by atoms with Crippen molar-refractivity contribution in [2.24, 2.45) is 0 Å². The number of aliphatic hydroxyl groups excluding tert-OH is 3. The van der Waals surface area contributed by atoms with Gasteiger partial charge < -0.3 is 29.9 Å². The van der Waals surface area contributed by atoms with Crippen LogP contribution in [0.15, 0.2) is 9.59 Å². The van der Waals surface area contributed by atoms with Gasteiger partial charge in [0.2, 0.25) is 11.5 Å². The molecule has 2 rings (SSSR count). The largest absolute Gasteiger partial charge is 0.501 e. The average Bonchev–Trinajstić information content (AvgIpc) is 2.41. The molecule has 1 fully saturated rings. The van der Waals surface area contributed by atoms with Gasteiger partial charge in [-0.25, -0.2) is 0 Å². The van der Waals surface area contributed by atoms with Crippen LogP contribution in [0.4, 0.5) is 0 Å². The smallest absolute Gasteiger partial charge is 0.275 e. The molecule has 0 spiro atoms. The van der Waals surface area contributed by atoms with Gasteiger partial charge in [0.15, 0.2) is 0 Å². The molecule has 106 valence electrons. The Morgan fingerprint density at radius 2 is 1.74 bits per heavy atom. The van der Waals surface area contributed by atoms with Gasteiger partial charge in [-0.3, -0.25) is 9.59 Å². The van der Waals surface area contributed by atoms with Gasteiger partial charge in [0.1, 0.15) is 31.0 Å². The second-order valence-corrected chi connectivity index (χ2v) is 4.50. The Labute approximate surface area is 107 Å². The number of hydrogen-bond donors (Lipinski definition) is 4. The summed E-state index contributed by atoms with van der Waals surface area (Å²) >= 11 is 0. The second kappa shape index (κ2) is 4.89. The van der Waals surface area contributed by atoms with Crippen LogP contribution in [0, 0.1) is 0 Å². The van der Waals surface area contributed by atoms with Crippen molar-refractivity contribution in [3.05, 3.63) is 20.4 Å². The normalized spacial score (nSPS) is 35.5. The Hall–Kier alpha value is -1.48. The molecule has 0 saturated carbocycles. The van der Waals surface area contributed by atoms with Crippen LogP contribution in [0.2, 0.25) is 0 Å². The summed E-state index contributed by atoms with van der Waals surface area (Å²) in [6.07, 6.45) is -5.75. The zero-order chi connectivity index (χ0) is 14.3. The number of rotatable bonds is 3. The Morgan fingerprint density at radius 3 is 2.32 bits per heavy atom. The number of aromatic hydroxyl groups is 1. The van der Waals surface area contributed by atoms with Crippen molar-refractivity contribution in [2.45, 2.75) is 37.4 Å². The lowest BCUT2D eigenvalue weighted by Crippen LogP contribution is -2.58. The SMILES string of the molecule is CC1O[C@H](COc2c(O)c(=O)c2=O)[C@@H](O)[C@H](O)[C@@H]1O. The standard InChI is InChI=1S/C11H14O8/c1-3-5(12)7(14)6(13)4(19-3)2-18-11-9(16)8(15)10(11)17/h3-7,12-14,16H,2H2,1H3/t3?,4-,5-,6-,7-/m1/s1. The van der Waals surface area contributed by atoms with Crippen molar-refractivity contribution in [1.82, 2.24) is 0 Å². The zero-order valence-corrected chi connectivity index (χ0v) is 10.0. The van der Waals surface area contributed by atoms with Crippen molar-refractivity contribution in [3.8, 4) is 11.5 Å². The minimum absolute atomic E-state index is 0.340. The van der Waals surface area contributed by atoms with Crippen LogP contribution in [-0.2, 0) is 4.74 Å². The third kappa shape index (κ3) is 2.23. The highest BCUT2D eigenvalue weighted by Crippen LogP contribution is 2.23. The predicted molar refractivity (Wildman–Crippen MR) is 60.9 cm³/mol. The minimum Gasteiger partial charge on any atom is -0.501 e. The maximum Gasteiger partial charge on any atom is 0.275 e. The summed E-state index contributed by atoms with van der Waals surface area (Å²) in [5.41, 5.74) is -1.97. The maximum absolute atomic E-state index is 11.0. The van der Waals surface area contributed by atoms with Gasteiger partial charge in [0.05, 0.1) is 6.10 Å². The fourth-order valence-corrected chi connectivity index (χ4v) is 1.93. The van der Waals surface area contributed by atoms with Gasteiger partial charge in [-0.2, -0.15) is 0 Å². The van der Waals surface area contributed by atoms with Crippen molar-refractivity contribution in [2.75, 3.05) is 6.61 Å². The van der Waals surface area contributed by atoms with E-state index in [2.05, 4.69) is 0 Å². The van der Waals surface area contributed by atoms with Crippen LogP contribution in [0.3, 0.4) is 0 Å². The maximum atomic E-state index is 11.0. The van der Waals surface area contributed by atoms with Gasteiger partial charge in [0, 0.05) is 0 Å². The minimum atomic E-state index is -1.40. The molecule has 4 N–H and O–H groups in total. The molecule has 5 atom stereocenters. The van der Waals surface area contributed by atoms with E-state index in [1.165, 1.54) is 6.92 Å². The summed E-state index contributed by atoms with van der Waals surface area (Å²) < 4.78 is 10.1. The third-order valence-corrected chi connectivity index (χ3v) is 3.19. The van der Waals surface area contributed by atoms with Crippen molar-refractivity contribution < 1.29 is 29.9 Å². The van der Waals surface area contributed by atoms with E-state index in [1.807, 2.05) is 0 Å². The van der Waals surface area contributed by atoms with Crippen molar-refractivity contribution in [1.29, 1.82) is 0 Å². The molecule has 0 aliphatic carbocycles. The predicted octanol–water partition coefficient (Wildman–Crippen LogP) is -2.76. The average molecular weight is 274 g/mol. The quantitative estimate of drug-likeness (QED) is 0.435. The molecule has 1 aliphatic rings. The van der Waals surface area contributed by atoms with E-state index >= 15 is 0 Å². The molecule has 1 saturated heterocycles. The third-order valence-electron chi connectivity index (χ3n) is 3.19. The highest BCUT2D eigenvalue weighted by molar-refractivity contribution is 5.44. The molecule has 8 nitrogen and oxygen atoms in total. The first-order valence-corrected chi connectivity index (χ1v) is 5.69. The second-order valence-electron chi connectivity index (χ2n) is 4.50. The van der Waals surface area contributed by atoms with Crippen LogP contribution in [0.5, 0.6) is 11.5 Å². The molecule has 1 aliphatic heterocycles. The van der Waals surface area contributed by atoms with Crippen LogP contribution in [-0.4, -0.2) is 57.6 Å². The van der Waals surface area contributed by atoms with E-state index in [-0.39, 0.29) is 6.61 Å². The summed E-state index contributed by atoms with van der Waals surface area (Å²) in [4.78, 5) is 21.8. The van der Waals surface area contributed by atoms with Crippen molar-refractivity contribution in [3.63, 3.8) is 0 Å². The van der Waals surface area contributed by atoms with Gasteiger partial charge in [-0.05, 0) is 6.92 Å². The molecular weight excluding hydrogens is 260 g/mol. The Balaban J connectivity index is 2.00. The highest BCUT2D eigenvalue weighted by atomic mass is 16.6. The van der Waals surface area contributed by atoms with Crippen LogP contribution in [0.1, 0.15) is 6.92 Å². The number of aliphatic hydroxyl groups is 3. The summed E-state index contributed by atoms with van der Waals surface area (Å²) in [5, 5.41) is 37.8.